The average Bonchev–Trinajstić information content (AvgIpc) is 2.41. The van der Waals surface area contributed by atoms with Crippen molar-refractivity contribution in [1.82, 2.24) is 15.3 Å². The number of hydrogen-bond acceptors (Lipinski definition) is 3. The SMILES string of the molecule is CCCNCc1cc(C)nc(Cc2ccccc2Cl)n1. The molecule has 0 aliphatic heterocycles. The van der Waals surface area contributed by atoms with E-state index in [4.69, 9.17) is 11.6 Å². The molecule has 0 amide bonds. The molecule has 1 N–H and O–H groups in total. The van der Waals surface area contributed by atoms with E-state index in [-0.39, 0.29) is 0 Å². The summed E-state index contributed by atoms with van der Waals surface area (Å²) < 4.78 is 0. The summed E-state index contributed by atoms with van der Waals surface area (Å²) in [5.74, 6) is 0.825. The topological polar surface area (TPSA) is 37.8 Å². The van der Waals surface area contributed by atoms with Gasteiger partial charge >= 0.3 is 0 Å². The predicted molar refractivity (Wildman–Crippen MR) is 83.0 cm³/mol. The zero-order valence-electron chi connectivity index (χ0n) is 12.0. The molecule has 2 aromatic rings. The van der Waals surface area contributed by atoms with E-state index in [0.717, 1.165) is 47.3 Å². The largest absolute Gasteiger partial charge is 0.311 e. The maximum absolute atomic E-state index is 6.19. The van der Waals surface area contributed by atoms with Crippen LogP contribution in [-0.4, -0.2) is 16.5 Å². The molecule has 0 aliphatic carbocycles. The van der Waals surface area contributed by atoms with Gasteiger partial charge in [0.2, 0.25) is 0 Å². The first kappa shape index (κ1) is 14.9. The van der Waals surface area contributed by atoms with E-state index in [1.165, 1.54) is 0 Å². The van der Waals surface area contributed by atoms with E-state index in [1.807, 2.05) is 37.3 Å². The molecule has 1 aromatic carbocycles. The van der Waals surface area contributed by atoms with Crippen LogP contribution in [-0.2, 0) is 13.0 Å². The lowest BCUT2D eigenvalue weighted by molar-refractivity contribution is 0.658. The van der Waals surface area contributed by atoms with Gasteiger partial charge in [-0.2, -0.15) is 0 Å². The van der Waals surface area contributed by atoms with E-state index in [0.29, 0.717) is 6.42 Å². The Bertz CT molecular complexity index is 569. The molecule has 0 unspecified atom stereocenters. The molecule has 2 rings (SSSR count). The van der Waals surface area contributed by atoms with Crippen LogP contribution in [0.25, 0.3) is 0 Å². The Morgan fingerprint density at radius 1 is 1.20 bits per heavy atom. The second kappa shape index (κ2) is 7.36. The van der Waals surface area contributed by atoms with Crippen LogP contribution in [0.5, 0.6) is 0 Å². The third-order valence-electron chi connectivity index (χ3n) is 2.99. The highest BCUT2D eigenvalue weighted by Crippen LogP contribution is 2.17. The molecule has 0 saturated carbocycles. The smallest absolute Gasteiger partial charge is 0.133 e. The van der Waals surface area contributed by atoms with Gasteiger partial charge in [0.1, 0.15) is 5.82 Å². The van der Waals surface area contributed by atoms with Crippen LogP contribution in [0.2, 0.25) is 5.02 Å². The van der Waals surface area contributed by atoms with E-state index in [1.54, 1.807) is 0 Å². The minimum atomic E-state index is 0.669. The van der Waals surface area contributed by atoms with Crippen molar-refractivity contribution in [2.24, 2.45) is 0 Å². The first-order valence-corrected chi connectivity index (χ1v) is 7.34. The summed E-state index contributed by atoms with van der Waals surface area (Å²) >= 11 is 6.19. The lowest BCUT2D eigenvalue weighted by Crippen LogP contribution is -2.16. The molecule has 3 nitrogen and oxygen atoms in total. The molecule has 4 heteroatoms. The lowest BCUT2D eigenvalue weighted by Gasteiger charge is -2.08. The van der Waals surface area contributed by atoms with E-state index < -0.39 is 0 Å². The monoisotopic (exact) mass is 289 g/mol. The number of nitrogens with zero attached hydrogens (tertiary/aromatic N) is 2. The molecule has 20 heavy (non-hydrogen) atoms. The minimum Gasteiger partial charge on any atom is -0.311 e. The highest BCUT2D eigenvalue weighted by atomic mass is 35.5. The van der Waals surface area contributed by atoms with E-state index in [9.17, 15) is 0 Å². The number of hydrogen-bond donors (Lipinski definition) is 1. The molecule has 1 aromatic heterocycles. The zero-order valence-corrected chi connectivity index (χ0v) is 12.7. The van der Waals surface area contributed by atoms with Crippen molar-refractivity contribution in [2.45, 2.75) is 33.2 Å². The van der Waals surface area contributed by atoms with Gasteiger partial charge in [0, 0.05) is 23.7 Å². The molecule has 0 bridgehead atoms. The third-order valence-corrected chi connectivity index (χ3v) is 3.36. The zero-order chi connectivity index (χ0) is 14.4. The lowest BCUT2D eigenvalue weighted by atomic mass is 10.1. The molecule has 0 radical (unpaired) electrons. The van der Waals surface area contributed by atoms with E-state index in [2.05, 4.69) is 22.2 Å². The van der Waals surface area contributed by atoms with Crippen LogP contribution in [0, 0.1) is 6.92 Å². The number of rotatable bonds is 6. The van der Waals surface area contributed by atoms with Crippen molar-refractivity contribution in [3.05, 3.63) is 58.1 Å². The maximum Gasteiger partial charge on any atom is 0.133 e. The summed E-state index contributed by atoms with van der Waals surface area (Å²) in [6, 6.07) is 9.86. The van der Waals surface area contributed by atoms with Crippen molar-refractivity contribution in [2.75, 3.05) is 6.54 Å². The summed E-state index contributed by atoms with van der Waals surface area (Å²) in [5.41, 5.74) is 3.09. The number of nitrogens with one attached hydrogen (secondary N) is 1. The van der Waals surface area contributed by atoms with Crippen LogP contribution in [0.15, 0.2) is 30.3 Å². The van der Waals surface area contributed by atoms with Crippen molar-refractivity contribution >= 4 is 11.6 Å². The van der Waals surface area contributed by atoms with Gasteiger partial charge < -0.3 is 5.32 Å². The molecule has 0 aliphatic rings. The predicted octanol–water partition coefficient (Wildman–Crippen LogP) is 3.53. The molecule has 106 valence electrons. The number of aryl methyl sites for hydroxylation is 1. The second-order valence-corrected chi connectivity index (χ2v) is 5.27. The Morgan fingerprint density at radius 3 is 2.75 bits per heavy atom. The van der Waals surface area contributed by atoms with Gasteiger partial charge in [-0.15, -0.1) is 0 Å². The first-order valence-electron chi connectivity index (χ1n) is 6.96. The molecular formula is C16H20ClN3. The minimum absolute atomic E-state index is 0.669. The second-order valence-electron chi connectivity index (χ2n) is 4.86. The molecule has 1 heterocycles. The van der Waals surface area contributed by atoms with Gasteiger partial charge in [-0.05, 0) is 37.6 Å². The van der Waals surface area contributed by atoms with Crippen molar-refractivity contribution in [3.63, 3.8) is 0 Å². The van der Waals surface area contributed by atoms with Crippen molar-refractivity contribution in [1.29, 1.82) is 0 Å². The van der Waals surface area contributed by atoms with Gasteiger partial charge in [0.25, 0.3) is 0 Å². The summed E-state index contributed by atoms with van der Waals surface area (Å²) in [4.78, 5) is 9.11. The number of halogens is 1. The molecule has 0 atom stereocenters. The van der Waals surface area contributed by atoms with Gasteiger partial charge in [-0.3, -0.25) is 0 Å². The van der Waals surface area contributed by atoms with Gasteiger partial charge in [0.15, 0.2) is 0 Å². The van der Waals surface area contributed by atoms with Crippen LogP contribution >= 0.6 is 11.6 Å². The standard InChI is InChI=1S/C16H20ClN3/c1-3-8-18-11-14-9-12(2)19-16(20-14)10-13-6-4-5-7-15(13)17/h4-7,9,18H,3,8,10-11H2,1-2H3. The van der Waals surface area contributed by atoms with Crippen LogP contribution in [0.1, 0.15) is 36.1 Å². The third kappa shape index (κ3) is 4.29. The van der Waals surface area contributed by atoms with Crippen LogP contribution in [0.4, 0.5) is 0 Å². The highest BCUT2D eigenvalue weighted by Gasteiger charge is 2.06. The fraction of sp³-hybridized carbons (Fsp3) is 0.375. The first-order chi connectivity index (χ1) is 9.69. The Balaban J connectivity index is 2.13. The van der Waals surface area contributed by atoms with Gasteiger partial charge in [-0.1, -0.05) is 36.7 Å². The fourth-order valence-corrected chi connectivity index (χ4v) is 2.28. The van der Waals surface area contributed by atoms with Gasteiger partial charge in [-0.25, -0.2) is 9.97 Å². The quantitative estimate of drug-likeness (QED) is 0.827. The molecular weight excluding hydrogens is 270 g/mol. The summed E-state index contributed by atoms with van der Waals surface area (Å²) in [5, 5.41) is 4.13. The van der Waals surface area contributed by atoms with Crippen molar-refractivity contribution in [3.8, 4) is 0 Å². The summed E-state index contributed by atoms with van der Waals surface area (Å²) in [7, 11) is 0. The average molecular weight is 290 g/mol. The summed E-state index contributed by atoms with van der Waals surface area (Å²) in [6.07, 6.45) is 1.79. The number of aromatic nitrogens is 2. The molecule has 0 saturated heterocycles. The highest BCUT2D eigenvalue weighted by molar-refractivity contribution is 6.31. The van der Waals surface area contributed by atoms with Crippen molar-refractivity contribution < 1.29 is 0 Å². The van der Waals surface area contributed by atoms with E-state index >= 15 is 0 Å². The normalized spacial score (nSPS) is 10.8. The Labute approximate surface area is 125 Å². The van der Waals surface area contributed by atoms with Crippen LogP contribution < -0.4 is 5.32 Å². The Kier molecular flexibility index (Phi) is 5.50. The maximum atomic E-state index is 6.19. The Morgan fingerprint density at radius 2 is 2.00 bits per heavy atom. The van der Waals surface area contributed by atoms with Gasteiger partial charge in [0.05, 0.1) is 5.69 Å². The number of benzene rings is 1. The molecule has 0 fully saturated rings. The molecule has 0 spiro atoms. The summed E-state index contributed by atoms with van der Waals surface area (Å²) in [6.45, 7) is 5.94. The fourth-order valence-electron chi connectivity index (χ4n) is 2.07. The Hall–Kier alpha value is -1.45. The van der Waals surface area contributed by atoms with Crippen LogP contribution in [0.3, 0.4) is 0 Å².